The predicted molar refractivity (Wildman–Crippen MR) is 177 cm³/mol. The number of benzene rings is 3. The van der Waals surface area contributed by atoms with Gasteiger partial charge in [0.2, 0.25) is 0 Å². The zero-order valence-electron chi connectivity index (χ0n) is 26.5. The highest BCUT2D eigenvalue weighted by Gasteiger charge is 2.21. The van der Waals surface area contributed by atoms with E-state index in [9.17, 15) is 0 Å². The Morgan fingerprint density at radius 1 is 0.675 bits per heavy atom. The van der Waals surface area contributed by atoms with Crippen LogP contribution in [0.1, 0.15) is 137 Å². The molecule has 0 atom stereocenters. The topological polar surface area (TPSA) is 41.6 Å². The van der Waals surface area contributed by atoms with Crippen LogP contribution in [-0.4, -0.2) is 6.21 Å². The summed E-state index contributed by atoms with van der Waals surface area (Å²) in [5.41, 5.74) is 19.0. The maximum Gasteiger partial charge on any atom is 0.0715 e. The molecule has 0 saturated carbocycles. The molecule has 3 nitrogen and oxygen atoms in total. The largest absolute Gasteiger partial charge is 0.397 e. The van der Waals surface area contributed by atoms with Gasteiger partial charge in [-0.2, -0.15) is 5.10 Å². The summed E-state index contributed by atoms with van der Waals surface area (Å²) in [7, 11) is 0. The Bertz CT molecular complexity index is 1270. The minimum Gasteiger partial charge on any atom is -0.397 e. The van der Waals surface area contributed by atoms with E-state index < -0.39 is 0 Å². The molecule has 214 valence electrons. The van der Waals surface area contributed by atoms with E-state index in [1.807, 2.05) is 0 Å². The third kappa shape index (κ3) is 6.86. The van der Waals surface area contributed by atoms with Crippen LogP contribution < -0.4 is 10.7 Å². The lowest BCUT2D eigenvalue weighted by molar-refractivity contribution is 0.818. The van der Waals surface area contributed by atoms with Crippen LogP contribution in [0.2, 0.25) is 0 Å². The van der Waals surface area contributed by atoms with Gasteiger partial charge in [-0.25, -0.2) is 5.01 Å². The molecule has 0 aliphatic carbocycles. The number of aryl methyl sites for hydroxylation is 2. The second-order valence-corrected chi connectivity index (χ2v) is 12.1. The summed E-state index contributed by atoms with van der Waals surface area (Å²) in [6.45, 7) is 22.4. The minimum atomic E-state index is 0.337. The van der Waals surface area contributed by atoms with Crippen molar-refractivity contribution >= 4 is 17.6 Å². The third-order valence-corrected chi connectivity index (χ3v) is 7.85. The third-order valence-electron chi connectivity index (χ3n) is 7.85. The molecule has 0 amide bonds. The highest BCUT2D eigenvalue weighted by atomic mass is 15.4. The molecular weight excluding hydrogens is 486 g/mol. The van der Waals surface area contributed by atoms with Crippen LogP contribution in [0.4, 0.5) is 5.69 Å². The fourth-order valence-electron chi connectivity index (χ4n) is 5.58. The molecule has 40 heavy (non-hydrogen) atoms. The van der Waals surface area contributed by atoms with E-state index in [1.54, 1.807) is 0 Å². The molecule has 0 bridgehead atoms. The maximum absolute atomic E-state index is 7.09. The summed E-state index contributed by atoms with van der Waals surface area (Å²) in [5, 5.41) is 7.30. The molecule has 3 aromatic rings. The van der Waals surface area contributed by atoms with Crippen molar-refractivity contribution in [3.8, 4) is 0 Å². The molecule has 0 aliphatic rings. The summed E-state index contributed by atoms with van der Waals surface area (Å²) in [6, 6.07) is 19.8. The maximum atomic E-state index is 7.09. The first-order chi connectivity index (χ1) is 19.0. The number of para-hydroxylation sites is 1. The highest BCUT2D eigenvalue weighted by molar-refractivity contribution is 5.86. The van der Waals surface area contributed by atoms with Gasteiger partial charge >= 0.3 is 0 Å². The summed E-state index contributed by atoms with van der Waals surface area (Å²) >= 11 is 0. The van der Waals surface area contributed by atoms with Crippen LogP contribution >= 0.6 is 0 Å². The lowest BCUT2D eigenvalue weighted by Gasteiger charge is -2.27. The fourth-order valence-corrected chi connectivity index (χ4v) is 5.58. The summed E-state index contributed by atoms with van der Waals surface area (Å²) in [4.78, 5) is 0. The zero-order chi connectivity index (χ0) is 29.6. The van der Waals surface area contributed by atoms with Gasteiger partial charge in [-0.3, -0.25) is 0 Å². The van der Waals surface area contributed by atoms with E-state index in [1.165, 1.54) is 38.9 Å². The lowest BCUT2D eigenvalue weighted by Crippen LogP contribution is -2.18. The van der Waals surface area contributed by atoms with Gasteiger partial charge in [-0.1, -0.05) is 124 Å². The molecule has 0 heterocycles. The average molecular weight is 538 g/mol. The number of nitrogens with two attached hydrogens (primary N) is 1. The average Bonchev–Trinajstić information content (AvgIpc) is 2.93. The van der Waals surface area contributed by atoms with Gasteiger partial charge in [-0.05, 0) is 69.9 Å². The Labute approximate surface area is 244 Å². The molecule has 0 radical (unpaired) electrons. The molecule has 2 N–H and O–H groups in total. The van der Waals surface area contributed by atoms with Crippen molar-refractivity contribution in [1.82, 2.24) is 0 Å². The van der Waals surface area contributed by atoms with Crippen LogP contribution in [0, 0.1) is 0 Å². The SMILES string of the molecule is CCc1cccc(CC)c1/C=N/N(/C=C(\N)c1c(C(C)C)cccc1C(C)C)c1c(C(C)C)cccc1C(C)C. The molecule has 3 aromatic carbocycles. The fraction of sp³-hybridized carbons (Fsp3) is 0.432. The number of hydrogen-bond donors (Lipinski definition) is 1. The normalized spacial score (nSPS) is 12.5. The van der Waals surface area contributed by atoms with Crippen molar-refractivity contribution in [3.63, 3.8) is 0 Å². The Kier molecular flexibility index (Phi) is 10.8. The molecule has 0 saturated heterocycles. The van der Waals surface area contributed by atoms with Crippen molar-refractivity contribution in [3.05, 3.63) is 105 Å². The van der Waals surface area contributed by atoms with Crippen molar-refractivity contribution < 1.29 is 0 Å². The van der Waals surface area contributed by atoms with Crippen molar-refractivity contribution in [2.75, 3.05) is 5.01 Å². The van der Waals surface area contributed by atoms with E-state index in [-0.39, 0.29) is 0 Å². The molecule has 0 aromatic heterocycles. The molecule has 0 spiro atoms. The second-order valence-electron chi connectivity index (χ2n) is 12.1. The predicted octanol–water partition coefficient (Wildman–Crippen LogP) is 10.1. The molecular formula is C37H51N3. The van der Waals surface area contributed by atoms with E-state index in [0.29, 0.717) is 23.7 Å². The first kappa shape index (κ1) is 31.2. The number of rotatable bonds is 11. The van der Waals surface area contributed by atoms with Crippen molar-refractivity contribution in [2.45, 2.75) is 106 Å². The van der Waals surface area contributed by atoms with E-state index >= 15 is 0 Å². The standard InChI is InChI=1S/C37H51N3/c1-11-28-16-13-17-29(12-2)34(28)22-39-40(37-32(26(7)8)20-15-21-33(37)27(9)10)23-35(38)36-30(24(3)4)18-14-19-31(36)25(5)6/h13-27H,11-12,38H2,1-10H3/b35-23-,39-22+. The van der Waals surface area contributed by atoms with E-state index in [4.69, 9.17) is 10.8 Å². The smallest absolute Gasteiger partial charge is 0.0715 e. The number of anilines is 1. The van der Waals surface area contributed by atoms with Crippen LogP contribution in [0.5, 0.6) is 0 Å². The van der Waals surface area contributed by atoms with Gasteiger partial charge in [0.1, 0.15) is 0 Å². The second kappa shape index (κ2) is 13.8. The van der Waals surface area contributed by atoms with Crippen LogP contribution in [0.3, 0.4) is 0 Å². The van der Waals surface area contributed by atoms with E-state index in [0.717, 1.165) is 29.8 Å². The van der Waals surface area contributed by atoms with Gasteiger partial charge < -0.3 is 5.73 Å². The molecule has 3 rings (SSSR count). The summed E-state index contributed by atoms with van der Waals surface area (Å²) in [6.07, 6.45) is 6.05. The molecule has 3 heteroatoms. The monoisotopic (exact) mass is 537 g/mol. The Hall–Kier alpha value is -3.33. The van der Waals surface area contributed by atoms with Gasteiger partial charge in [0, 0.05) is 11.1 Å². The quantitative estimate of drug-likeness (QED) is 0.195. The molecule has 0 unspecified atom stereocenters. The van der Waals surface area contributed by atoms with Gasteiger partial charge in [0.05, 0.1) is 23.8 Å². The number of nitrogens with zero attached hydrogens (tertiary/aromatic N) is 2. The summed E-state index contributed by atoms with van der Waals surface area (Å²) < 4.78 is 0. The van der Waals surface area contributed by atoms with Crippen LogP contribution in [0.15, 0.2) is 65.9 Å². The van der Waals surface area contributed by atoms with Crippen LogP contribution in [0.25, 0.3) is 5.70 Å². The first-order valence-electron chi connectivity index (χ1n) is 15.2. The lowest BCUT2D eigenvalue weighted by atomic mass is 9.87. The Morgan fingerprint density at radius 2 is 1.07 bits per heavy atom. The van der Waals surface area contributed by atoms with Crippen molar-refractivity contribution in [1.29, 1.82) is 0 Å². The van der Waals surface area contributed by atoms with Crippen molar-refractivity contribution in [2.24, 2.45) is 10.8 Å². The molecule has 0 aliphatic heterocycles. The number of hydrogen-bond acceptors (Lipinski definition) is 3. The van der Waals surface area contributed by atoms with Gasteiger partial charge in [-0.15, -0.1) is 0 Å². The zero-order valence-corrected chi connectivity index (χ0v) is 26.5. The van der Waals surface area contributed by atoms with Gasteiger partial charge in [0.25, 0.3) is 0 Å². The van der Waals surface area contributed by atoms with Gasteiger partial charge in [0.15, 0.2) is 0 Å². The first-order valence-corrected chi connectivity index (χ1v) is 15.2. The minimum absolute atomic E-state index is 0.337. The Morgan fingerprint density at radius 3 is 1.48 bits per heavy atom. The summed E-state index contributed by atoms with van der Waals surface area (Å²) in [5.74, 6) is 1.39. The Balaban J connectivity index is 2.36. The van der Waals surface area contributed by atoms with Crippen LogP contribution in [-0.2, 0) is 12.8 Å². The number of hydrazone groups is 1. The highest BCUT2D eigenvalue weighted by Crippen LogP contribution is 2.38. The molecule has 0 fully saturated rings. The van der Waals surface area contributed by atoms with E-state index in [2.05, 4.69) is 141 Å².